The number of amides is 1. The van der Waals surface area contributed by atoms with Crippen molar-refractivity contribution in [1.82, 2.24) is 30.2 Å². The minimum Gasteiger partial charge on any atom is -0.346 e. The number of aromatic amines is 1. The molecule has 3 heterocycles. The standard InChI is InChI=1S/C18H18N8O2/c27-15(25-28)7-9-26-11-13(10-20-26)22-18-23-16-14(6-8-19-16)17(24-18)21-12-4-2-1-3-5-12/h1-6,8,10-11,28H,7,9H2,(H,25,27)(H3,19,21,22,23,24). The smallest absolute Gasteiger partial charge is 0.245 e. The van der Waals surface area contributed by atoms with E-state index < -0.39 is 5.91 Å². The number of aryl methyl sites for hydroxylation is 1. The molecule has 142 valence electrons. The SMILES string of the molecule is O=C(CCn1cc(Nc2nc(Nc3ccccc3)c3cc[nH]c3n2)cn1)NO. The zero-order valence-electron chi connectivity index (χ0n) is 14.8. The average molecular weight is 378 g/mol. The van der Waals surface area contributed by atoms with E-state index in [1.165, 1.54) is 0 Å². The summed E-state index contributed by atoms with van der Waals surface area (Å²) < 4.78 is 1.59. The predicted octanol–water partition coefficient (Wildman–Crippen LogP) is 2.54. The summed E-state index contributed by atoms with van der Waals surface area (Å²) in [5, 5.41) is 20.0. The summed E-state index contributed by atoms with van der Waals surface area (Å²) in [7, 11) is 0. The quantitative estimate of drug-likeness (QED) is 0.246. The first-order valence-electron chi connectivity index (χ1n) is 8.61. The van der Waals surface area contributed by atoms with Crippen LogP contribution >= 0.6 is 0 Å². The highest BCUT2D eigenvalue weighted by molar-refractivity contribution is 5.90. The maximum Gasteiger partial charge on any atom is 0.245 e. The number of rotatable bonds is 7. The number of nitrogens with one attached hydrogen (secondary N) is 4. The Morgan fingerprint density at radius 3 is 2.79 bits per heavy atom. The number of hydroxylamine groups is 1. The van der Waals surface area contributed by atoms with Crippen molar-refractivity contribution in [3.63, 3.8) is 0 Å². The van der Waals surface area contributed by atoms with Gasteiger partial charge in [-0.25, -0.2) is 5.48 Å². The lowest BCUT2D eigenvalue weighted by Crippen LogP contribution is -2.20. The second kappa shape index (κ2) is 7.76. The van der Waals surface area contributed by atoms with Crippen LogP contribution in [0.1, 0.15) is 6.42 Å². The summed E-state index contributed by atoms with van der Waals surface area (Å²) >= 11 is 0. The number of benzene rings is 1. The molecule has 5 N–H and O–H groups in total. The zero-order valence-corrected chi connectivity index (χ0v) is 14.8. The van der Waals surface area contributed by atoms with Crippen molar-refractivity contribution in [2.75, 3.05) is 10.6 Å². The maximum atomic E-state index is 11.1. The van der Waals surface area contributed by atoms with Crippen LogP contribution in [0.4, 0.5) is 23.1 Å². The molecule has 0 spiro atoms. The van der Waals surface area contributed by atoms with Crippen molar-refractivity contribution in [1.29, 1.82) is 0 Å². The summed E-state index contributed by atoms with van der Waals surface area (Å²) in [5.74, 6) is 0.607. The van der Waals surface area contributed by atoms with Gasteiger partial charge in [0.15, 0.2) is 0 Å². The fourth-order valence-corrected chi connectivity index (χ4v) is 2.70. The minimum atomic E-state index is -0.470. The Kier molecular flexibility index (Phi) is 4.85. The number of hydrogen-bond donors (Lipinski definition) is 5. The number of carbonyl (C=O) groups is 1. The molecule has 0 aliphatic heterocycles. The van der Waals surface area contributed by atoms with Crippen LogP contribution in [0.2, 0.25) is 0 Å². The van der Waals surface area contributed by atoms with Crippen LogP contribution < -0.4 is 16.1 Å². The fourth-order valence-electron chi connectivity index (χ4n) is 2.70. The van der Waals surface area contributed by atoms with Gasteiger partial charge in [-0.3, -0.25) is 14.7 Å². The zero-order chi connectivity index (χ0) is 19.3. The molecular weight excluding hydrogens is 360 g/mol. The van der Waals surface area contributed by atoms with Crippen molar-refractivity contribution >= 4 is 40.1 Å². The molecule has 0 radical (unpaired) electrons. The molecule has 10 heteroatoms. The van der Waals surface area contributed by atoms with Crippen LogP contribution in [-0.4, -0.2) is 35.8 Å². The third-order valence-corrected chi connectivity index (χ3v) is 4.03. The molecule has 4 aromatic rings. The van der Waals surface area contributed by atoms with Gasteiger partial charge in [0.05, 0.1) is 17.3 Å². The first-order chi connectivity index (χ1) is 13.7. The molecule has 3 aromatic heterocycles. The number of carbonyl (C=O) groups excluding carboxylic acids is 1. The average Bonchev–Trinajstić information content (AvgIpc) is 3.36. The van der Waals surface area contributed by atoms with Crippen molar-refractivity contribution in [2.24, 2.45) is 0 Å². The molecule has 0 saturated carbocycles. The summed E-state index contributed by atoms with van der Waals surface area (Å²) in [6, 6.07) is 11.7. The molecule has 0 bridgehead atoms. The molecule has 1 aromatic carbocycles. The molecule has 0 aliphatic rings. The highest BCUT2D eigenvalue weighted by atomic mass is 16.5. The van der Waals surface area contributed by atoms with Crippen molar-refractivity contribution in [3.8, 4) is 0 Å². The lowest BCUT2D eigenvalue weighted by Gasteiger charge is -2.09. The number of anilines is 4. The lowest BCUT2D eigenvalue weighted by molar-refractivity contribution is -0.129. The third-order valence-electron chi connectivity index (χ3n) is 4.03. The molecule has 0 unspecified atom stereocenters. The summed E-state index contributed by atoms with van der Waals surface area (Å²) in [5.41, 5.74) is 3.90. The first kappa shape index (κ1) is 17.5. The van der Waals surface area contributed by atoms with E-state index >= 15 is 0 Å². The molecule has 4 rings (SSSR count). The highest BCUT2D eigenvalue weighted by Crippen LogP contribution is 2.25. The summed E-state index contributed by atoms with van der Waals surface area (Å²) in [6.45, 7) is 0.339. The number of aromatic nitrogens is 5. The van der Waals surface area contributed by atoms with Crippen LogP contribution in [0.3, 0.4) is 0 Å². The van der Waals surface area contributed by atoms with E-state index in [4.69, 9.17) is 5.21 Å². The van der Waals surface area contributed by atoms with Gasteiger partial charge >= 0.3 is 0 Å². The third kappa shape index (κ3) is 3.91. The van der Waals surface area contributed by atoms with Crippen LogP contribution in [-0.2, 0) is 11.3 Å². The summed E-state index contributed by atoms with van der Waals surface area (Å²) in [6.07, 6.45) is 5.28. The Morgan fingerprint density at radius 1 is 1.11 bits per heavy atom. The van der Waals surface area contributed by atoms with Gasteiger partial charge in [0.2, 0.25) is 11.9 Å². The van der Waals surface area contributed by atoms with Gasteiger partial charge in [-0.05, 0) is 18.2 Å². The van der Waals surface area contributed by atoms with Crippen LogP contribution in [0.15, 0.2) is 55.0 Å². The van der Waals surface area contributed by atoms with Crippen LogP contribution in [0.5, 0.6) is 0 Å². The van der Waals surface area contributed by atoms with E-state index in [0.717, 1.165) is 11.1 Å². The number of hydrogen-bond acceptors (Lipinski definition) is 7. The van der Waals surface area contributed by atoms with Crippen molar-refractivity contribution in [2.45, 2.75) is 13.0 Å². The highest BCUT2D eigenvalue weighted by Gasteiger charge is 2.10. The second-order valence-corrected chi connectivity index (χ2v) is 6.03. The van der Waals surface area contributed by atoms with Gasteiger partial charge in [-0.1, -0.05) is 18.2 Å². The second-order valence-electron chi connectivity index (χ2n) is 6.03. The molecule has 0 atom stereocenters. The van der Waals surface area contributed by atoms with E-state index in [0.29, 0.717) is 29.6 Å². The molecule has 28 heavy (non-hydrogen) atoms. The monoisotopic (exact) mass is 378 g/mol. The van der Waals surface area contributed by atoms with Crippen LogP contribution in [0, 0.1) is 0 Å². The van der Waals surface area contributed by atoms with E-state index in [-0.39, 0.29) is 6.42 Å². The Morgan fingerprint density at radius 2 is 1.96 bits per heavy atom. The number of para-hydroxylation sites is 1. The number of nitrogens with zero attached hydrogens (tertiary/aromatic N) is 4. The Labute approximate surface area is 159 Å². The topological polar surface area (TPSA) is 133 Å². The molecular formula is C18H18N8O2. The Hall–Kier alpha value is -3.92. The maximum absolute atomic E-state index is 11.1. The van der Waals surface area contributed by atoms with E-state index in [9.17, 15) is 4.79 Å². The van der Waals surface area contributed by atoms with Crippen molar-refractivity contribution < 1.29 is 10.0 Å². The molecule has 10 nitrogen and oxygen atoms in total. The van der Waals surface area contributed by atoms with Gasteiger partial charge in [0.1, 0.15) is 11.5 Å². The van der Waals surface area contributed by atoms with E-state index in [1.54, 1.807) is 22.6 Å². The Balaban J connectivity index is 1.54. The van der Waals surface area contributed by atoms with Gasteiger partial charge in [0.25, 0.3) is 0 Å². The van der Waals surface area contributed by atoms with Gasteiger partial charge in [0, 0.05) is 31.0 Å². The Bertz CT molecular complexity index is 1090. The summed E-state index contributed by atoms with van der Waals surface area (Å²) in [4.78, 5) is 23.3. The number of H-pyrrole nitrogens is 1. The van der Waals surface area contributed by atoms with E-state index in [1.807, 2.05) is 42.6 Å². The van der Waals surface area contributed by atoms with Crippen LogP contribution in [0.25, 0.3) is 11.0 Å². The van der Waals surface area contributed by atoms with E-state index in [2.05, 4.69) is 30.7 Å². The molecule has 0 aliphatic carbocycles. The predicted molar refractivity (Wildman–Crippen MR) is 104 cm³/mol. The van der Waals surface area contributed by atoms with Crippen molar-refractivity contribution in [3.05, 3.63) is 55.0 Å². The van der Waals surface area contributed by atoms with Gasteiger partial charge < -0.3 is 15.6 Å². The largest absolute Gasteiger partial charge is 0.346 e. The molecule has 0 fully saturated rings. The molecule has 0 saturated heterocycles. The first-order valence-corrected chi connectivity index (χ1v) is 8.61. The van der Waals surface area contributed by atoms with Gasteiger partial charge in [-0.15, -0.1) is 0 Å². The van der Waals surface area contributed by atoms with Gasteiger partial charge in [-0.2, -0.15) is 15.1 Å². The minimum absolute atomic E-state index is 0.119. The lowest BCUT2D eigenvalue weighted by atomic mass is 10.3. The fraction of sp³-hybridized carbons (Fsp3) is 0.111. The normalized spacial score (nSPS) is 10.8. The molecule has 1 amide bonds. The number of fused-ring (bicyclic) bond motifs is 1.